The average Bonchev–Trinajstić information content (AvgIpc) is 2.35. The topological polar surface area (TPSA) is 30.5 Å². The summed E-state index contributed by atoms with van der Waals surface area (Å²) in [6.07, 6.45) is 0. The molecule has 1 aliphatic rings. The summed E-state index contributed by atoms with van der Waals surface area (Å²) in [5.74, 6) is 0.920. The molecule has 1 aromatic carbocycles. The van der Waals surface area contributed by atoms with Crippen molar-refractivity contribution in [2.24, 2.45) is 0 Å². The third kappa shape index (κ3) is 4.22. The molecule has 1 fully saturated rings. The first-order valence-corrected chi connectivity index (χ1v) is 7.35. The molecular formula is C17H27NO2. The number of nitrogens with one attached hydrogen (secondary N) is 1. The molecule has 2 rings (SSSR count). The van der Waals surface area contributed by atoms with Crippen LogP contribution in [0.15, 0.2) is 24.3 Å². The minimum atomic E-state index is 0.0301. The summed E-state index contributed by atoms with van der Waals surface area (Å²) in [5.41, 5.74) is 1.54. The molecule has 0 aromatic heterocycles. The molecule has 0 saturated carbocycles. The lowest BCUT2D eigenvalue weighted by Crippen LogP contribution is -2.57. The normalized spacial score (nSPS) is 22.6. The molecule has 0 bridgehead atoms. The highest BCUT2D eigenvalue weighted by Gasteiger charge is 2.27. The van der Waals surface area contributed by atoms with Crippen molar-refractivity contribution in [2.75, 3.05) is 19.8 Å². The van der Waals surface area contributed by atoms with Gasteiger partial charge in [0.25, 0.3) is 0 Å². The van der Waals surface area contributed by atoms with Gasteiger partial charge in [-0.2, -0.15) is 0 Å². The van der Waals surface area contributed by atoms with Crippen LogP contribution in [0.4, 0.5) is 0 Å². The molecule has 0 amide bonds. The van der Waals surface area contributed by atoms with Gasteiger partial charge in [0.05, 0.1) is 19.3 Å². The van der Waals surface area contributed by atoms with Crippen LogP contribution in [0.1, 0.15) is 40.2 Å². The molecule has 3 heteroatoms. The Labute approximate surface area is 122 Å². The van der Waals surface area contributed by atoms with E-state index in [2.05, 4.69) is 64.2 Å². The highest BCUT2D eigenvalue weighted by atomic mass is 16.5. The summed E-state index contributed by atoms with van der Waals surface area (Å²) in [4.78, 5) is 0. The summed E-state index contributed by atoms with van der Waals surface area (Å²) < 4.78 is 11.5. The zero-order valence-electron chi connectivity index (χ0n) is 13.3. The van der Waals surface area contributed by atoms with Crippen molar-refractivity contribution in [3.63, 3.8) is 0 Å². The molecule has 1 unspecified atom stereocenters. The predicted octanol–water partition coefficient (Wildman–Crippen LogP) is 3.13. The Hall–Kier alpha value is -1.06. The van der Waals surface area contributed by atoms with Crippen molar-refractivity contribution >= 4 is 0 Å². The molecule has 0 spiro atoms. The van der Waals surface area contributed by atoms with Crippen LogP contribution in [0.25, 0.3) is 0 Å². The molecule has 20 heavy (non-hydrogen) atoms. The number of benzene rings is 1. The van der Waals surface area contributed by atoms with Gasteiger partial charge in [-0.05, 0) is 37.0 Å². The lowest BCUT2D eigenvalue weighted by Gasteiger charge is -2.36. The summed E-state index contributed by atoms with van der Waals surface area (Å²) >= 11 is 0. The van der Waals surface area contributed by atoms with Crippen LogP contribution in [0.2, 0.25) is 0 Å². The van der Waals surface area contributed by atoms with Crippen LogP contribution >= 0.6 is 0 Å². The third-order valence-corrected chi connectivity index (χ3v) is 3.55. The zero-order chi connectivity index (χ0) is 14.8. The maximum atomic E-state index is 5.86. The predicted molar refractivity (Wildman–Crippen MR) is 82.5 cm³/mol. The molecule has 112 valence electrons. The minimum Gasteiger partial charge on any atom is -0.492 e. The van der Waals surface area contributed by atoms with Gasteiger partial charge >= 0.3 is 0 Å². The van der Waals surface area contributed by atoms with Crippen molar-refractivity contribution < 1.29 is 9.47 Å². The Balaban J connectivity index is 1.88. The van der Waals surface area contributed by atoms with Crippen LogP contribution in [0.5, 0.6) is 5.75 Å². The molecule has 1 aromatic rings. The van der Waals surface area contributed by atoms with Crippen LogP contribution in [-0.2, 0) is 10.2 Å². The monoisotopic (exact) mass is 277 g/mol. The first-order valence-electron chi connectivity index (χ1n) is 7.35. The number of morpholine rings is 1. The molecule has 0 aliphatic carbocycles. The SMILES string of the molecule is CC1(C)COCC(COc2ccc(C(C)(C)C)cc2)N1. The van der Waals surface area contributed by atoms with Crippen molar-refractivity contribution in [2.45, 2.75) is 51.6 Å². The van der Waals surface area contributed by atoms with Gasteiger partial charge in [-0.3, -0.25) is 0 Å². The minimum absolute atomic E-state index is 0.0301. The molecule has 3 nitrogen and oxygen atoms in total. The van der Waals surface area contributed by atoms with Gasteiger partial charge in [-0.1, -0.05) is 32.9 Å². The van der Waals surface area contributed by atoms with E-state index in [1.165, 1.54) is 5.56 Å². The summed E-state index contributed by atoms with van der Waals surface area (Å²) in [6, 6.07) is 8.64. The van der Waals surface area contributed by atoms with Gasteiger partial charge in [0, 0.05) is 5.54 Å². The van der Waals surface area contributed by atoms with Crippen LogP contribution in [0.3, 0.4) is 0 Å². The van der Waals surface area contributed by atoms with Crippen molar-refractivity contribution in [1.29, 1.82) is 0 Å². The highest BCUT2D eigenvalue weighted by Crippen LogP contribution is 2.24. The second-order valence-electron chi connectivity index (χ2n) is 7.33. The lowest BCUT2D eigenvalue weighted by atomic mass is 9.87. The molecule has 1 aliphatic heterocycles. The van der Waals surface area contributed by atoms with Crippen molar-refractivity contribution in [3.05, 3.63) is 29.8 Å². The summed E-state index contributed by atoms with van der Waals surface area (Å²) in [5, 5.41) is 3.55. The molecule has 1 atom stereocenters. The number of ether oxygens (including phenoxy) is 2. The van der Waals surface area contributed by atoms with E-state index in [4.69, 9.17) is 9.47 Å². The molecule has 1 saturated heterocycles. The largest absolute Gasteiger partial charge is 0.492 e. The Bertz CT molecular complexity index is 431. The first kappa shape index (κ1) is 15.3. The standard InChI is InChI=1S/C17H27NO2/c1-16(2,3)13-6-8-15(9-7-13)20-11-14-10-19-12-17(4,5)18-14/h6-9,14,18H,10-12H2,1-5H3. The Morgan fingerprint density at radius 3 is 2.45 bits per heavy atom. The fourth-order valence-electron chi connectivity index (χ4n) is 2.43. The van der Waals surface area contributed by atoms with E-state index in [1.54, 1.807) is 0 Å². The summed E-state index contributed by atoms with van der Waals surface area (Å²) in [7, 11) is 0. The molecule has 1 N–H and O–H groups in total. The molecular weight excluding hydrogens is 250 g/mol. The van der Waals surface area contributed by atoms with Crippen LogP contribution < -0.4 is 10.1 Å². The van der Waals surface area contributed by atoms with Crippen LogP contribution in [-0.4, -0.2) is 31.4 Å². The van der Waals surface area contributed by atoms with Gasteiger partial charge < -0.3 is 14.8 Å². The second kappa shape index (κ2) is 5.74. The molecule has 1 heterocycles. The Morgan fingerprint density at radius 1 is 1.25 bits per heavy atom. The highest BCUT2D eigenvalue weighted by molar-refractivity contribution is 5.31. The van der Waals surface area contributed by atoms with Gasteiger partial charge in [0.2, 0.25) is 0 Å². The van der Waals surface area contributed by atoms with E-state index in [0.717, 1.165) is 12.4 Å². The van der Waals surface area contributed by atoms with E-state index >= 15 is 0 Å². The van der Waals surface area contributed by atoms with Gasteiger partial charge in [-0.15, -0.1) is 0 Å². The fourth-order valence-corrected chi connectivity index (χ4v) is 2.43. The van der Waals surface area contributed by atoms with Gasteiger partial charge in [0.1, 0.15) is 12.4 Å². The lowest BCUT2D eigenvalue weighted by molar-refractivity contribution is 0.000945. The first-order chi connectivity index (χ1) is 9.26. The zero-order valence-corrected chi connectivity index (χ0v) is 13.3. The van der Waals surface area contributed by atoms with Crippen molar-refractivity contribution in [3.8, 4) is 5.75 Å². The van der Waals surface area contributed by atoms with E-state index < -0.39 is 0 Å². The van der Waals surface area contributed by atoms with E-state index in [-0.39, 0.29) is 17.0 Å². The average molecular weight is 277 g/mol. The quantitative estimate of drug-likeness (QED) is 0.921. The van der Waals surface area contributed by atoms with E-state index in [9.17, 15) is 0 Å². The Kier molecular flexibility index (Phi) is 4.40. The smallest absolute Gasteiger partial charge is 0.119 e. The van der Waals surface area contributed by atoms with E-state index in [1.807, 2.05) is 0 Å². The maximum absolute atomic E-state index is 5.86. The summed E-state index contributed by atoms with van der Waals surface area (Å²) in [6.45, 7) is 13.1. The van der Waals surface area contributed by atoms with Gasteiger partial charge in [0.15, 0.2) is 0 Å². The molecule has 0 radical (unpaired) electrons. The number of hydrogen-bond donors (Lipinski definition) is 1. The third-order valence-electron chi connectivity index (χ3n) is 3.55. The van der Waals surface area contributed by atoms with E-state index in [0.29, 0.717) is 13.2 Å². The second-order valence-corrected chi connectivity index (χ2v) is 7.33. The van der Waals surface area contributed by atoms with Gasteiger partial charge in [-0.25, -0.2) is 0 Å². The van der Waals surface area contributed by atoms with Crippen LogP contribution in [0, 0.1) is 0 Å². The number of rotatable bonds is 3. The Morgan fingerprint density at radius 2 is 1.90 bits per heavy atom. The number of hydrogen-bond acceptors (Lipinski definition) is 3. The maximum Gasteiger partial charge on any atom is 0.119 e. The van der Waals surface area contributed by atoms with Crippen molar-refractivity contribution in [1.82, 2.24) is 5.32 Å². The fraction of sp³-hybridized carbons (Fsp3) is 0.647.